The normalized spacial score (nSPS) is 21.6. The average Bonchev–Trinajstić information content (AvgIpc) is 2.77. The first-order chi connectivity index (χ1) is 7.54. The van der Waals surface area contributed by atoms with Gasteiger partial charge in [-0.15, -0.1) is 0 Å². The molecule has 0 radical (unpaired) electrons. The van der Waals surface area contributed by atoms with E-state index in [1.807, 2.05) is 12.5 Å². The van der Waals surface area contributed by atoms with E-state index in [2.05, 4.69) is 35.6 Å². The van der Waals surface area contributed by atoms with Crippen molar-refractivity contribution >= 4 is 0 Å². The fraction of sp³-hybridized carbons (Fsp3) is 0.769. The van der Waals surface area contributed by atoms with Gasteiger partial charge in [0.05, 0.1) is 6.33 Å². The van der Waals surface area contributed by atoms with Crippen LogP contribution in [0.1, 0.15) is 39.3 Å². The van der Waals surface area contributed by atoms with Gasteiger partial charge in [0.25, 0.3) is 0 Å². The van der Waals surface area contributed by atoms with Gasteiger partial charge in [-0.05, 0) is 31.2 Å². The number of hydrogen-bond donors (Lipinski definition) is 1. The van der Waals surface area contributed by atoms with Crippen molar-refractivity contribution in [2.75, 3.05) is 6.54 Å². The van der Waals surface area contributed by atoms with Gasteiger partial charge < -0.3 is 9.88 Å². The van der Waals surface area contributed by atoms with Crippen LogP contribution in [0.4, 0.5) is 0 Å². The molecule has 3 nitrogen and oxygen atoms in total. The van der Waals surface area contributed by atoms with E-state index in [0.29, 0.717) is 11.5 Å². The van der Waals surface area contributed by atoms with Crippen molar-refractivity contribution in [1.82, 2.24) is 14.9 Å². The molecule has 1 saturated heterocycles. The Balaban J connectivity index is 2.01. The second-order valence-corrected chi connectivity index (χ2v) is 6.07. The van der Waals surface area contributed by atoms with Gasteiger partial charge in [-0.2, -0.15) is 0 Å². The zero-order chi connectivity index (χ0) is 11.6. The molecule has 0 amide bonds. The zero-order valence-electron chi connectivity index (χ0n) is 10.7. The van der Waals surface area contributed by atoms with Crippen molar-refractivity contribution < 1.29 is 0 Å². The molecule has 16 heavy (non-hydrogen) atoms. The molecule has 1 atom stereocenters. The van der Waals surface area contributed by atoms with E-state index in [1.54, 1.807) is 0 Å². The molecule has 1 aliphatic rings. The molecule has 1 aromatic rings. The lowest BCUT2D eigenvalue weighted by Crippen LogP contribution is -2.27. The third-order valence-electron chi connectivity index (χ3n) is 3.09. The third-order valence-corrected chi connectivity index (χ3v) is 3.09. The van der Waals surface area contributed by atoms with Gasteiger partial charge in [-0.3, -0.25) is 0 Å². The van der Waals surface area contributed by atoms with E-state index in [-0.39, 0.29) is 0 Å². The highest BCUT2D eigenvalue weighted by atomic mass is 15.1. The van der Waals surface area contributed by atoms with E-state index in [0.717, 1.165) is 13.0 Å². The maximum Gasteiger partial charge on any atom is 0.0948 e. The topological polar surface area (TPSA) is 29.9 Å². The maximum atomic E-state index is 4.28. The van der Waals surface area contributed by atoms with Crippen LogP contribution in [0.3, 0.4) is 0 Å². The highest BCUT2D eigenvalue weighted by Crippen LogP contribution is 2.20. The molecule has 90 valence electrons. The summed E-state index contributed by atoms with van der Waals surface area (Å²) in [4.78, 5) is 4.28. The fourth-order valence-electron chi connectivity index (χ4n) is 2.35. The number of hydrogen-bond acceptors (Lipinski definition) is 2. The van der Waals surface area contributed by atoms with Crippen LogP contribution in [0.15, 0.2) is 12.5 Å². The first-order valence-corrected chi connectivity index (χ1v) is 6.27. The highest BCUT2D eigenvalue weighted by Gasteiger charge is 2.18. The number of rotatable bonds is 3. The third kappa shape index (κ3) is 3.08. The fourth-order valence-corrected chi connectivity index (χ4v) is 2.35. The van der Waals surface area contributed by atoms with Crippen LogP contribution < -0.4 is 5.32 Å². The highest BCUT2D eigenvalue weighted by molar-refractivity contribution is 5.02. The molecule has 2 rings (SSSR count). The monoisotopic (exact) mass is 221 g/mol. The summed E-state index contributed by atoms with van der Waals surface area (Å²) in [5.74, 6) is 0. The number of nitrogens with one attached hydrogen (secondary N) is 1. The van der Waals surface area contributed by atoms with Crippen molar-refractivity contribution in [2.24, 2.45) is 5.41 Å². The molecule has 1 aliphatic heterocycles. The molecule has 1 N–H and O–H groups in total. The van der Waals surface area contributed by atoms with Gasteiger partial charge in [0.2, 0.25) is 0 Å². The molecule has 0 aromatic carbocycles. The van der Waals surface area contributed by atoms with Gasteiger partial charge >= 0.3 is 0 Å². The minimum Gasteiger partial charge on any atom is -0.333 e. The van der Waals surface area contributed by atoms with Crippen LogP contribution in [0.25, 0.3) is 0 Å². The summed E-state index contributed by atoms with van der Waals surface area (Å²) in [5, 5.41) is 3.54. The minimum atomic E-state index is 0.334. The Bertz CT molecular complexity index is 329. The van der Waals surface area contributed by atoms with Gasteiger partial charge in [-0.1, -0.05) is 20.8 Å². The van der Waals surface area contributed by atoms with Crippen molar-refractivity contribution in [3.05, 3.63) is 18.2 Å². The van der Waals surface area contributed by atoms with Crippen LogP contribution in [-0.4, -0.2) is 22.1 Å². The lowest BCUT2D eigenvalue weighted by atomic mass is 9.91. The van der Waals surface area contributed by atoms with E-state index >= 15 is 0 Å². The Morgan fingerprint density at radius 1 is 1.50 bits per heavy atom. The van der Waals surface area contributed by atoms with Gasteiger partial charge in [0.15, 0.2) is 0 Å². The molecule has 1 aromatic heterocycles. The zero-order valence-corrected chi connectivity index (χ0v) is 10.7. The molecular weight excluding hydrogens is 198 g/mol. The van der Waals surface area contributed by atoms with Crippen LogP contribution in [0, 0.1) is 5.41 Å². The van der Waals surface area contributed by atoms with Crippen LogP contribution >= 0.6 is 0 Å². The Morgan fingerprint density at radius 3 is 2.94 bits per heavy atom. The van der Waals surface area contributed by atoms with E-state index < -0.39 is 0 Å². The van der Waals surface area contributed by atoms with Gasteiger partial charge in [0, 0.05) is 24.5 Å². The predicted molar refractivity (Wildman–Crippen MR) is 66.4 cm³/mol. The average molecular weight is 221 g/mol. The Hall–Kier alpha value is -0.830. The summed E-state index contributed by atoms with van der Waals surface area (Å²) in [6.45, 7) is 9.08. The summed E-state index contributed by atoms with van der Waals surface area (Å²) in [7, 11) is 0. The largest absolute Gasteiger partial charge is 0.333 e. The standard InChI is InChI=1S/C13H23N3/c1-13(2,3)7-12-8-14-10-16(12)9-11-5-4-6-15-11/h8,10-11,15H,4-7,9H2,1-3H3. The Morgan fingerprint density at radius 2 is 2.31 bits per heavy atom. The van der Waals surface area contributed by atoms with Gasteiger partial charge in [-0.25, -0.2) is 4.98 Å². The lowest BCUT2D eigenvalue weighted by Gasteiger charge is -2.20. The molecule has 1 unspecified atom stereocenters. The lowest BCUT2D eigenvalue weighted by molar-refractivity contribution is 0.391. The first kappa shape index (κ1) is 11.6. The number of aromatic nitrogens is 2. The maximum absolute atomic E-state index is 4.28. The summed E-state index contributed by atoms with van der Waals surface area (Å²) in [6, 6.07) is 0.646. The molecule has 0 bridgehead atoms. The Labute approximate surface area is 98.3 Å². The summed E-state index contributed by atoms with van der Waals surface area (Å²) < 4.78 is 2.31. The molecule has 2 heterocycles. The van der Waals surface area contributed by atoms with Crippen molar-refractivity contribution in [3.8, 4) is 0 Å². The molecule has 0 spiro atoms. The van der Waals surface area contributed by atoms with Crippen molar-refractivity contribution in [2.45, 2.75) is 52.6 Å². The van der Waals surface area contributed by atoms with E-state index in [1.165, 1.54) is 25.1 Å². The second kappa shape index (κ2) is 4.58. The second-order valence-electron chi connectivity index (χ2n) is 6.07. The summed E-state index contributed by atoms with van der Waals surface area (Å²) in [5.41, 5.74) is 1.70. The molecule has 0 aliphatic carbocycles. The quantitative estimate of drug-likeness (QED) is 0.848. The SMILES string of the molecule is CC(C)(C)Cc1cncn1CC1CCCN1. The molecule has 3 heteroatoms. The molecular formula is C13H23N3. The minimum absolute atomic E-state index is 0.334. The first-order valence-electron chi connectivity index (χ1n) is 6.27. The molecule has 1 fully saturated rings. The van der Waals surface area contributed by atoms with Crippen LogP contribution in [0.2, 0.25) is 0 Å². The number of imidazole rings is 1. The van der Waals surface area contributed by atoms with E-state index in [4.69, 9.17) is 0 Å². The van der Waals surface area contributed by atoms with Gasteiger partial charge in [0.1, 0.15) is 0 Å². The summed E-state index contributed by atoms with van der Waals surface area (Å²) >= 11 is 0. The van der Waals surface area contributed by atoms with E-state index in [9.17, 15) is 0 Å². The van der Waals surface area contributed by atoms with Crippen molar-refractivity contribution in [3.63, 3.8) is 0 Å². The van der Waals surface area contributed by atoms with Crippen molar-refractivity contribution in [1.29, 1.82) is 0 Å². The molecule has 0 saturated carbocycles. The Kier molecular flexibility index (Phi) is 3.33. The van der Waals surface area contributed by atoms with Crippen LogP contribution in [-0.2, 0) is 13.0 Å². The summed E-state index contributed by atoms with van der Waals surface area (Å²) in [6.07, 6.45) is 7.70. The predicted octanol–water partition coefficient (Wildman–Crippen LogP) is 2.22. The smallest absolute Gasteiger partial charge is 0.0948 e. The number of nitrogens with zero attached hydrogens (tertiary/aromatic N) is 2. The van der Waals surface area contributed by atoms with Crippen LogP contribution in [0.5, 0.6) is 0 Å².